The molecule has 3 aromatic carbocycles. The van der Waals surface area contributed by atoms with Crippen molar-refractivity contribution in [3.63, 3.8) is 0 Å². The summed E-state index contributed by atoms with van der Waals surface area (Å²) in [6.07, 6.45) is 0. The summed E-state index contributed by atoms with van der Waals surface area (Å²) < 4.78 is 73.3. The molecule has 0 fully saturated rings. The van der Waals surface area contributed by atoms with E-state index in [0.29, 0.717) is 11.8 Å². The summed E-state index contributed by atoms with van der Waals surface area (Å²) >= 11 is 0. The summed E-state index contributed by atoms with van der Waals surface area (Å²) in [5.74, 6) is -1.87. The number of hydrogen-bond acceptors (Lipinski definition) is 3. The van der Waals surface area contributed by atoms with Crippen LogP contribution in [0.15, 0.2) is 71.6 Å². The van der Waals surface area contributed by atoms with E-state index < -0.39 is 34.0 Å². The van der Waals surface area contributed by atoms with Crippen LogP contribution in [-0.2, 0) is 16.6 Å². The van der Waals surface area contributed by atoms with E-state index in [9.17, 15) is 21.6 Å². The molecule has 28 heavy (non-hydrogen) atoms. The molecule has 0 aromatic heterocycles. The Morgan fingerprint density at radius 3 is 2.18 bits per heavy atom. The third-order valence-electron chi connectivity index (χ3n) is 4.07. The molecule has 0 aliphatic heterocycles. The molecular formula is C20H16F3NO3S. The van der Waals surface area contributed by atoms with Gasteiger partial charge >= 0.3 is 0 Å². The minimum atomic E-state index is -4.17. The van der Waals surface area contributed by atoms with Gasteiger partial charge in [-0.1, -0.05) is 12.1 Å². The van der Waals surface area contributed by atoms with Crippen LogP contribution >= 0.6 is 0 Å². The van der Waals surface area contributed by atoms with Crippen LogP contribution in [0.3, 0.4) is 0 Å². The predicted molar refractivity (Wildman–Crippen MR) is 99.1 cm³/mol. The van der Waals surface area contributed by atoms with Gasteiger partial charge in [-0.15, -0.1) is 0 Å². The lowest BCUT2D eigenvalue weighted by Gasteiger charge is -2.25. The number of nitrogens with zero attached hydrogens (tertiary/aromatic N) is 1. The van der Waals surface area contributed by atoms with Gasteiger partial charge in [0.1, 0.15) is 23.2 Å². The quantitative estimate of drug-likeness (QED) is 0.604. The molecule has 3 aromatic rings. The molecule has 0 saturated heterocycles. The van der Waals surface area contributed by atoms with Gasteiger partial charge in [0.15, 0.2) is 0 Å². The molecule has 0 N–H and O–H groups in total. The molecule has 0 atom stereocenters. The fraction of sp³-hybridized carbons (Fsp3) is 0.100. The van der Waals surface area contributed by atoms with Gasteiger partial charge in [0.2, 0.25) is 0 Å². The van der Waals surface area contributed by atoms with Gasteiger partial charge in [-0.2, -0.15) is 0 Å². The summed E-state index contributed by atoms with van der Waals surface area (Å²) in [6.45, 7) is -0.441. The highest BCUT2D eigenvalue weighted by Crippen LogP contribution is 2.28. The first-order valence-corrected chi connectivity index (χ1v) is 9.61. The van der Waals surface area contributed by atoms with Crippen molar-refractivity contribution < 1.29 is 26.3 Å². The van der Waals surface area contributed by atoms with Gasteiger partial charge in [0.05, 0.1) is 24.2 Å². The van der Waals surface area contributed by atoms with E-state index in [1.807, 2.05) is 0 Å². The molecule has 3 rings (SSSR count). The SMILES string of the molecule is COc1ccc(S(=O)(=O)N(Cc2ccc(F)cc2F)c2cccc(F)c2)cc1. The fourth-order valence-corrected chi connectivity index (χ4v) is 4.06. The summed E-state index contributed by atoms with van der Waals surface area (Å²) in [5, 5.41) is 0. The van der Waals surface area contributed by atoms with Crippen LogP contribution < -0.4 is 9.04 Å². The van der Waals surface area contributed by atoms with E-state index in [1.54, 1.807) is 0 Å². The lowest BCUT2D eigenvalue weighted by Crippen LogP contribution is -2.31. The van der Waals surface area contributed by atoms with Crippen molar-refractivity contribution in [2.75, 3.05) is 11.4 Å². The molecule has 0 bridgehead atoms. The fourth-order valence-electron chi connectivity index (χ4n) is 2.63. The normalized spacial score (nSPS) is 11.3. The Hall–Kier alpha value is -3.00. The van der Waals surface area contributed by atoms with Gasteiger partial charge in [-0.25, -0.2) is 21.6 Å². The minimum Gasteiger partial charge on any atom is -0.497 e. The molecule has 0 aliphatic rings. The average molecular weight is 407 g/mol. The van der Waals surface area contributed by atoms with Crippen LogP contribution in [0.25, 0.3) is 0 Å². The van der Waals surface area contributed by atoms with Crippen LogP contribution in [-0.4, -0.2) is 15.5 Å². The number of ether oxygens (including phenoxy) is 1. The van der Waals surface area contributed by atoms with Crippen LogP contribution in [0.2, 0.25) is 0 Å². The van der Waals surface area contributed by atoms with Crippen LogP contribution in [0, 0.1) is 17.5 Å². The predicted octanol–water partition coefficient (Wildman–Crippen LogP) is 4.51. The van der Waals surface area contributed by atoms with Crippen LogP contribution in [0.5, 0.6) is 5.75 Å². The maximum absolute atomic E-state index is 14.1. The third-order valence-corrected chi connectivity index (χ3v) is 5.86. The summed E-state index contributed by atoms with van der Waals surface area (Å²) in [5.41, 5.74) is -0.0395. The van der Waals surface area contributed by atoms with Crippen LogP contribution in [0.1, 0.15) is 5.56 Å². The van der Waals surface area contributed by atoms with E-state index in [1.165, 1.54) is 49.6 Å². The zero-order chi connectivity index (χ0) is 20.3. The van der Waals surface area contributed by atoms with Crippen LogP contribution in [0.4, 0.5) is 18.9 Å². The number of halogens is 3. The van der Waals surface area contributed by atoms with Crippen molar-refractivity contribution in [2.24, 2.45) is 0 Å². The molecule has 0 saturated carbocycles. The average Bonchev–Trinajstić information content (AvgIpc) is 2.67. The highest BCUT2D eigenvalue weighted by molar-refractivity contribution is 7.92. The number of methoxy groups -OCH3 is 1. The lowest BCUT2D eigenvalue weighted by molar-refractivity contribution is 0.414. The van der Waals surface area contributed by atoms with E-state index >= 15 is 0 Å². The Morgan fingerprint density at radius 1 is 0.893 bits per heavy atom. The second-order valence-corrected chi connectivity index (χ2v) is 7.77. The molecule has 0 spiro atoms. The summed E-state index contributed by atoms with van der Waals surface area (Å²) in [7, 11) is -2.73. The number of anilines is 1. The van der Waals surface area contributed by atoms with Crippen molar-refractivity contribution in [3.8, 4) is 5.75 Å². The van der Waals surface area contributed by atoms with E-state index in [4.69, 9.17) is 4.74 Å². The number of rotatable bonds is 6. The van der Waals surface area contributed by atoms with Crippen molar-refractivity contribution in [1.29, 1.82) is 0 Å². The molecule has 0 radical (unpaired) electrons. The summed E-state index contributed by atoms with van der Waals surface area (Å²) in [4.78, 5) is -0.0833. The van der Waals surface area contributed by atoms with Crippen molar-refractivity contribution in [2.45, 2.75) is 11.4 Å². The second kappa shape index (κ2) is 7.93. The zero-order valence-electron chi connectivity index (χ0n) is 14.8. The first-order chi connectivity index (χ1) is 13.3. The second-order valence-electron chi connectivity index (χ2n) is 5.90. The first-order valence-electron chi connectivity index (χ1n) is 8.17. The number of sulfonamides is 1. The Balaban J connectivity index is 2.09. The molecular weight excluding hydrogens is 391 g/mol. The highest BCUT2D eigenvalue weighted by atomic mass is 32.2. The Morgan fingerprint density at radius 2 is 1.57 bits per heavy atom. The maximum Gasteiger partial charge on any atom is 0.264 e. The monoisotopic (exact) mass is 407 g/mol. The smallest absolute Gasteiger partial charge is 0.264 e. The Bertz CT molecular complexity index is 1090. The first kappa shape index (κ1) is 19.8. The molecule has 0 heterocycles. The Labute approximate surface area is 160 Å². The van der Waals surface area contributed by atoms with E-state index in [2.05, 4.69) is 0 Å². The largest absolute Gasteiger partial charge is 0.497 e. The van der Waals surface area contributed by atoms with Crippen molar-refractivity contribution in [1.82, 2.24) is 0 Å². The minimum absolute atomic E-state index is 0.0135. The van der Waals surface area contributed by atoms with Gasteiger partial charge in [-0.05, 0) is 48.5 Å². The molecule has 8 heteroatoms. The number of benzene rings is 3. The molecule has 0 aliphatic carbocycles. The molecule has 0 amide bonds. The van der Waals surface area contributed by atoms with E-state index in [0.717, 1.165) is 22.5 Å². The molecule has 0 unspecified atom stereocenters. The zero-order valence-corrected chi connectivity index (χ0v) is 15.6. The van der Waals surface area contributed by atoms with Crippen molar-refractivity contribution >= 4 is 15.7 Å². The van der Waals surface area contributed by atoms with Gasteiger partial charge in [0, 0.05) is 11.6 Å². The Kier molecular flexibility index (Phi) is 5.60. The van der Waals surface area contributed by atoms with E-state index in [-0.39, 0.29) is 16.1 Å². The molecule has 4 nitrogen and oxygen atoms in total. The maximum atomic E-state index is 14.1. The topological polar surface area (TPSA) is 46.6 Å². The number of hydrogen-bond donors (Lipinski definition) is 0. The van der Waals surface area contributed by atoms with Gasteiger partial charge in [-0.3, -0.25) is 4.31 Å². The van der Waals surface area contributed by atoms with Crippen molar-refractivity contribution in [3.05, 3.63) is 89.7 Å². The lowest BCUT2D eigenvalue weighted by atomic mass is 10.2. The van der Waals surface area contributed by atoms with Gasteiger partial charge < -0.3 is 4.74 Å². The highest BCUT2D eigenvalue weighted by Gasteiger charge is 2.26. The van der Waals surface area contributed by atoms with Gasteiger partial charge in [0.25, 0.3) is 10.0 Å². The standard InChI is InChI=1S/C20H16F3NO3S/c1-27-18-7-9-19(10-8-18)28(25,26)24(17-4-2-3-15(21)11-17)13-14-5-6-16(22)12-20(14)23/h2-12H,13H2,1H3. The third kappa shape index (κ3) is 4.12. The summed E-state index contributed by atoms with van der Waals surface area (Å²) in [6, 6.07) is 13.4. The molecule has 146 valence electrons.